The van der Waals surface area contributed by atoms with Gasteiger partial charge in [0.2, 0.25) is 0 Å². The normalized spacial score (nSPS) is 9.94. The van der Waals surface area contributed by atoms with Gasteiger partial charge in [-0.05, 0) is 35.4 Å². The fraction of sp³-hybridized carbons (Fsp3) is 0.0667. The maximum Gasteiger partial charge on any atom is 0.0407 e. The quantitative estimate of drug-likeness (QED) is 0.828. The average molecular weight is 244 g/mol. The van der Waals surface area contributed by atoms with E-state index in [1.165, 1.54) is 5.56 Å². The number of anilines is 1. The Balaban J connectivity index is 2.07. The van der Waals surface area contributed by atoms with Gasteiger partial charge in [0.1, 0.15) is 0 Å². The second-order valence-corrected chi connectivity index (χ2v) is 4.20. The monoisotopic (exact) mass is 243 g/mol. The zero-order chi connectivity index (χ0) is 12.1. The van der Waals surface area contributed by atoms with Crippen molar-refractivity contribution in [1.29, 1.82) is 0 Å². The van der Waals surface area contributed by atoms with Gasteiger partial charge in [-0.15, -0.1) is 0 Å². The van der Waals surface area contributed by atoms with Crippen molar-refractivity contribution in [3.8, 4) is 0 Å². The van der Waals surface area contributed by atoms with Crippen LogP contribution in [0.2, 0.25) is 5.02 Å². The zero-order valence-electron chi connectivity index (χ0n) is 9.49. The summed E-state index contributed by atoms with van der Waals surface area (Å²) in [6.45, 7) is 4.59. The molecule has 1 N–H and O–H groups in total. The number of hydrogen-bond acceptors (Lipinski definition) is 1. The van der Waals surface area contributed by atoms with Crippen LogP contribution in [0, 0.1) is 0 Å². The molecule has 0 radical (unpaired) electrons. The number of rotatable bonds is 4. The van der Waals surface area contributed by atoms with Crippen molar-refractivity contribution < 1.29 is 0 Å². The highest BCUT2D eigenvalue weighted by molar-refractivity contribution is 6.30. The Morgan fingerprint density at radius 2 is 1.76 bits per heavy atom. The van der Waals surface area contributed by atoms with Gasteiger partial charge in [0.05, 0.1) is 0 Å². The molecular weight excluding hydrogens is 230 g/mol. The first-order valence-electron chi connectivity index (χ1n) is 5.49. The van der Waals surface area contributed by atoms with E-state index in [4.69, 9.17) is 11.6 Å². The highest BCUT2D eigenvalue weighted by atomic mass is 35.5. The molecule has 0 aliphatic carbocycles. The molecule has 0 saturated carbocycles. The minimum atomic E-state index is 0.752. The molecule has 17 heavy (non-hydrogen) atoms. The summed E-state index contributed by atoms with van der Waals surface area (Å²) in [6, 6.07) is 15.9. The van der Waals surface area contributed by atoms with Crippen molar-refractivity contribution in [1.82, 2.24) is 0 Å². The van der Waals surface area contributed by atoms with Crippen molar-refractivity contribution in [3.05, 3.63) is 71.3 Å². The van der Waals surface area contributed by atoms with Crippen LogP contribution in [0.15, 0.2) is 55.1 Å². The van der Waals surface area contributed by atoms with E-state index in [9.17, 15) is 0 Å². The predicted octanol–water partition coefficient (Wildman–Crippen LogP) is 4.60. The van der Waals surface area contributed by atoms with Crippen LogP contribution in [0.1, 0.15) is 11.1 Å². The van der Waals surface area contributed by atoms with Gasteiger partial charge in [-0.25, -0.2) is 0 Å². The Labute approximate surface area is 107 Å². The highest BCUT2D eigenvalue weighted by Gasteiger charge is 1.98. The van der Waals surface area contributed by atoms with Crippen LogP contribution in [0.5, 0.6) is 0 Å². The van der Waals surface area contributed by atoms with Crippen LogP contribution in [-0.4, -0.2) is 0 Å². The van der Waals surface area contributed by atoms with Gasteiger partial charge >= 0.3 is 0 Å². The van der Waals surface area contributed by atoms with Crippen LogP contribution in [0.25, 0.3) is 6.08 Å². The summed E-state index contributed by atoms with van der Waals surface area (Å²) in [6.07, 6.45) is 1.87. The van der Waals surface area contributed by atoms with Crippen molar-refractivity contribution in [2.24, 2.45) is 0 Å². The summed E-state index contributed by atoms with van der Waals surface area (Å²) in [7, 11) is 0. The smallest absolute Gasteiger partial charge is 0.0407 e. The van der Waals surface area contributed by atoms with E-state index in [0.717, 1.165) is 22.8 Å². The standard InChI is InChI=1S/C15H14ClN/c1-2-12-5-3-4-6-13(12)11-17-15-9-7-14(16)8-10-15/h2-10,17H,1,11H2. The third-order valence-corrected chi connectivity index (χ3v) is 2.85. The zero-order valence-corrected chi connectivity index (χ0v) is 10.2. The van der Waals surface area contributed by atoms with E-state index in [2.05, 4.69) is 24.0 Å². The molecule has 0 fully saturated rings. The molecule has 2 heteroatoms. The summed E-state index contributed by atoms with van der Waals surface area (Å²) < 4.78 is 0. The van der Waals surface area contributed by atoms with Crippen LogP contribution < -0.4 is 5.32 Å². The molecule has 0 unspecified atom stereocenters. The first-order chi connectivity index (χ1) is 8.29. The van der Waals surface area contributed by atoms with Gasteiger partial charge in [-0.1, -0.05) is 48.5 Å². The Hall–Kier alpha value is -1.73. The van der Waals surface area contributed by atoms with E-state index in [1.54, 1.807) is 0 Å². The average Bonchev–Trinajstić information content (AvgIpc) is 2.38. The van der Waals surface area contributed by atoms with Gasteiger partial charge in [0.25, 0.3) is 0 Å². The van der Waals surface area contributed by atoms with Gasteiger partial charge < -0.3 is 5.32 Å². The van der Waals surface area contributed by atoms with Crippen molar-refractivity contribution in [3.63, 3.8) is 0 Å². The van der Waals surface area contributed by atoms with E-state index >= 15 is 0 Å². The van der Waals surface area contributed by atoms with Crippen molar-refractivity contribution in [2.75, 3.05) is 5.32 Å². The Morgan fingerprint density at radius 1 is 1.06 bits per heavy atom. The molecule has 0 amide bonds. The third-order valence-electron chi connectivity index (χ3n) is 2.60. The number of hydrogen-bond donors (Lipinski definition) is 1. The van der Waals surface area contributed by atoms with E-state index < -0.39 is 0 Å². The van der Waals surface area contributed by atoms with Gasteiger partial charge in [-0.3, -0.25) is 0 Å². The minimum Gasteiger partial charge on any atom is -0.381 e. The number of halogens is 1. The largest absolute Gasteiger partial charge is 0.381 e. The molecule has 0 spiro atoms. The second kappa shape index (κ2) is 5.55. The van der Waals surface area contributed by atoms with Crippen molar-refractivity contribution in [2.45, 2.75) is 6.54 Å². The first kappa shape index (κ1) is 11.7. The molecule has 0 aliphatic heterocycles. The summed E-state index contributed by atoms with van der Waals surface area (Å²) in [5.74, 6) is 0. The summed E-state index contributed by atoms with van der Waals surface area (Å²) in [5.41, 5.74) is 3.46. The molecule has 2 rings (SSSR count). The SMILES string of the molecule is C=Cc1ccccc1CNc1ccc(Cl)cc1. The third kappa shape index (κ3) is 3.11. The Kier molecular flexibility index (Phi) is 3.84. The molecule has 0 heterocycles. The molecule has 1 nitrogen and oxygen atoms in total. The minimum absolute atomic E-state index is 0.752. The summed E-state index contributed by atoms with van der Waals surface area (Å²) >= 11 is 5.84. The van der Waals surface area contributed by atoms with Crippen LogP contribution in [0.4, 0.5) is 5.69 Å². The molecule has 0 aromatic heterocycles. The predicted molar refractivity (Wildman–Crippen MR) is 75.3 cm³/mol. The number of nitrogens with one attached hydrogen (secondary N) is 1. The van der Waals surface area contributed by atoms with Crippen LogP contribution >= 0.6 is 11.6 Å². The lowest BCUT2D eigenvalue weighted by Gasteiger charge is -2.09. The summed E-state index contributed by atoms with van der Waals surface area (Å²) in [4.78, 5) is 0. The highest BCUT2D eigenvalue weighted by Crippen LogP contribution is 2.16. The molecule has 2 aromatic rings. The lowest BCUT2D eigenvalue weighted by Crippen LogP contribution is -2.00. The lowest BCUT2D eigenvalue weighted by molar-refractivity contribution is 1.14. The molecule has 86 valence electrons. The van der Waals surface area contributed by atoms with Crippen molar-refractivity contribution >= 4 is 23.4 Å². The molecule has 0 aliphatic rings. The molecule has 2 aromatic carbocycles. The van der Waals surface area contributed by atoms with E-state index in [0.29, 0.717) is 0 Å². The van der Waals surface area contributed by atoms with E-state index in [-0.39, 0.29) is 0 Å². The van der Waals surface area contributed by atoms with Crippen LogP contribution in [-0.2, 0) is 6.54 Å². The summed E-state index contributed by atoms with van der Waals surface area (Å²) in [5, 5.41) is 4.11. The molecule has 0 atom stereocenters. The molecule has 0 bridgehead atoms. The first-order valence-corrected chi connectivity index (χ1v) is 5.87. The fourth-order valence-electron chi connectivity index (χ4n) is 1.66. The molecule has 0 saturated heterocycles. The molecular formula is C15H14ClN. The van der Waals surface area contributed by atoms with E-state index in [1.807, 2.05) is 42.5 Å². The fourth-order valence-corrected chi connectivity index (χ4v) is 1.79. The lowest BCUT2D eigenvalue weighted by atomic mass is 10.1. The maximum atomic E-state index is 5.84. The van der Waals surface area contributed by atoms with Gasteiger partial charge in [-0.2, -0.15) is 0 Å². The van der Waals surface area contributed by atoms with Gasteiger partial charge in [0.15, 0.2) is 0 Å². The topological polar surface area (TPSA) is 12.0 Å². The Bertz CT molecular complexity index is 503. The maximum absolute atomic E-state index is 5.84. The Morgan fingerprint density at radius 3 is 2.47 bits per heavy atom. The van der Waals surface area contributed by atoms with Crippen LogP contribution in [0.3, 0.4) is 0 Å². The number of benzene rings is 2. The van der Waals surface area contributed by atoms with Gasteiger partial charge in [0, 0.05) is 17.3 Å². The second-order valence-electron chi connectivity index (χ2n) is 3.76.